The van der Waals surface area contributed by atoms with Crippen LogP contribution in [0.25, 0.3) is 60.5 Å². The number of fused-ring (bicyclic) bond motifs is 9. The number of aromatic nitrogens is 2. The van der Waals surface area contributed by atoms with Crippen molar-refractivity contribution in [2.45, 2.75) is 59.8 Å². The van der Waals surface area contributed by atoms with Crippen LogP contribution in [0.1, 0.15) is 63.9 Å². The van der Waals surface area contributed by atoms with Crippen molar-refractivity contribution >= 4 is 49.3 Å². The second-order valence-electron chi connectivity index (χ2n) is 14.6. The Morgan fingerprint density at radius 2 is 1.19 bits per heavy atom. The van der Waals surface area contributed by atoms with Crippen molar-refractivity contribution in [1.82, 2.24) is 9.38 Å². The van der Waals surface area contributed by atoms with Gasteiger partial charge in [0.2, 0.25) is 0 Å². The van der Waals surface area contributed by atoms with Gasteiger partial charge < -0.3 is 4.42 Å². The molecule has 0 radical (unpaired) electrons. The maximum absolute atomic E-state index is 6.67. The minimum absolute atomic E-state index is 0.489. The Morgan fingerprint density at radius 3 is 1.89 bits per heavy atom. The summed E-state index contributed by atoms with van der Waals surface area (Å²) in [4.78, 5) is 5.74. The van der Waals surface area contributed by atoms with Crippen LogP contribution in [-0.2, 0) is 18.3 Å². The molecule has 3 nitrogen and oxygen atoms in total. The smallest absolute Gasteiger partial charge is 0.146 e. The average Bonchev–Trinajstić information content (AvgIpc) is 3.65. The van der Waals surface area contributed by atoms with Gasteiger partial charge >= 0.3 is 0 Å². The van der Waals surface area contributed by atoms with Gasteiger partial charge in [-0.05, 0) is 67.2 Å². The van der Waals surface area contributed by atoms with E-state index in [-0.39, 0.29) is 0 Å². The number of imidazole rings is 1. The van der Waals surface area contributed by atoms with Crippen molar-refractivity contribution in [3.8, 4) is 11.3 Å². The van der Waals surface area contributed by atoms with Crippen molar-refractivity contribution in [1.29, 1.82) is 0 Å². The molecule has 3 heterocycles. The lowest BCUT2D eigenvalue weighted by Crippen LogP contribution is -2.21. The maximum Gasteiger partial charge on any atom is 0.146 e. The molecule has 0 saturated heterocycles. The van der Waals surface area contributed by atoms with Crippen molar-refractivity contribution < 1.29 is 4.42 Å². The molecule has 0 amide bonds. The van der Waals surface area contributed by atoms with Crippen LogP contribution in [-0.4, -0.2) is 9.38 Å². The molecule has 0 fully saturated rings. The van der Waals surface area contributed by atoms with Gasteiger partial charge in [-0.2, -0.15) is 0 Å². The van der Waals surface area contributed by atoms with Crippen molar-refractivity contribution in [3.63, 3.8) is 0 Å². The molecule has 234 valence electrons. The van der Waals surface area contributed by atoms with E-state index in [2.05, 4.69) is 149 Å². The van der Waals surface area contributed by atoms with E-state index in [9.17, 15) is 0 Å². The van der Waals surface area contributed by atoms with Gasteiger partial charge in [-0.25, -0.2) is 4.98 Å². The largest absolute Gasteiger partial charge is 0.456 e. The minimum Gasteiger partial charge on any atom is -0.456 e. The number of furan rings is 1. The Hall–Kier alpha value is -4.89. The van der Waals surface area contributed by atoms with E-state index in [0.717, 1.165) is 51.7 Å². The van der Waals surface area contributed by atoms with E-state index >= 15 is 0 Å². The Labute approximate surface area is 276 Å². The van der Waals surface area contributed by atoms with E-state index in [0.29, 0.717) is 11.8 Å². The summed E-state index contributed by atoms with van der Waals surface area (Å²) in [6.45, 7) is 14.0. The Balaban J connectivity index is 1.56. The number of nitrogens with zero attached hydrogens (tertiary/aromatic N) is 2. The number of pyridine rings is 1. The summed E-state index contributed by atoms with van der Waals surface area (Å²) >= 11 is 0. The molecule has 0 aliphatic heterocycles. The van der Waals surface area contributed by atoms with Crippen molar-refractivity contribution in [3.05, 3.63) is 132 Å². The quantitative estimate of drug-likeness (QED) is 0.167. The zero-order valence-electron chi connectivity index (χ0n) is 28.3. The molecule has 8 rings (SSSR count). The monoisotopic (exact) mass is 614 g/mol. The van der Waals surface area contributed by atoms with Crippen molar-refractivity contribution in [2.75, 3.05) is 0 Å². The Kier molecular flexibility index (Phi) is 6.98. The molecule has 0 aliphatic rings. The van der Waals surface area contributed by atoms with Crippen LogP contribution in [0, 0.1) is 11.8 Å². The first-order chi connectivity index (χ1) is 22.7. The first-order valence-electron chi connectivity index (χ1n) is 17.1. The lowest BCUT2D eigenvalue weighted by atomic mass is 9.77. The minimum atomic E-state index is -0.489. The summed E-state index contributed by atoms with van der Waals surface area (Å²) in [6, 6.07) is 39.5. The van der Waals surface area contributed by atoms with Crippen LogP contribution in [0.4, 0.5) is 0 Å². The summed E-state index contributed by atoms with van der Waals surface area (Å²) in [5.41, 5.74) is 11.1. The number of hydrogen-bond donors (Lipinski definition) is 0. The second-order valence-corrected chi connectivity index (χ2v) is 14.6. The van der Waals surface area contributed by atoms with E-state index in [1.54, 1.807) is 0 Å². The molecule has 8 aromatic rings. The topological polar surface area (TPSA) is 30.4 Å². The molecule has 0 spiro atoms. The SMILES string of the molecule is CC(C)Cc1cccc(CC(C)C)c1-c1c(C(C)(C)c2cccc3c2oc2ccccc23)nc2c3ccccc3c3ccccc3n12. The lowest BCUT2D eigenvalue weighted by Gasteiger charge is -2.27. The van der Waals surface area contributed by atoms with Gasteiger partial charge in [0, 0.05) is 38.1 Å². The molecule has 47 heavy (non-hydrogen) atoms. The molecule has 3 aromatic heterocycles. The van der Waals surface area contributed by atoms with Crippen molar-refractivity contribution in [2.24, 2.45) is 11.8 Å². The van der Waals surface area contributed by atoms with Crippen LogP contribution >= 0.6 is 0 Å². The normalized spacial score (nSPS) is 12.6. The fourth-order valence-electron chi connectivity index (χ4n) is 7.86. The second kappa shape index (κ2) is 11.1. The maximum atomic E-state index is 6.67. The molecule has 0 aliphatic carbocycles. The van der Waals surface area contributed by atoms with Gasteiger partial charge in [-0.15, -0.1) is 0 Å². The number of rotatable bonds is 7. The molecular formula is C44H42N2O. The highest BCUT2D eigenvalue weighted by Gasteiger charge is 2.36. The number of benzene rings is 5. The van der Waals surface area contributed by atoms with Gasteiger partial charge in [0.1, 0.15) is 16.8 Å². The van der Waals surface area contributed by atoms with Gasteiger partial charge in [0.25, 0.3) is 0 Å². The highest BCUT2D eigenvalue weighted by Crippen LogP contribution is 2.46. The fourth-order valence-corrected chi connectivity index (χ4v) is 7.86. The van der Waals surface area contributed by atoms with Gasteiger partial charge in [0.15, 0.2) is 0 Å². The molecule has 0 N–H and O–H groups in total. The molecule has 0 atom stereocenters. The van der Waals surface area contributed by atoms with Crippen LogP contribution in [0.3, 0.4) is 0 Å². The Bertz CT molecular complexity index is 2430. The Morgan fingerprint density at radius 1 is 0.617 bits per heavy atom. The van der Waals surface area contributed by atoms with Crippen LogP contribution < -0.4 is 0 Å². The van der Waals surface area contributed by atoms with Crippen LogP contribution in [0.2, 0.25) is 0 Å². The third kappa shape index (κ3) is 4.66. The van der Waals surface area contributed by atoms with Gasteiger partial charge in [-0.1, -0.05) is 125 Å². The van der Waals surface area contributed by atoms with Gasteiger partial charge in [-0.3, -0.25) is 4.40 Å². The summed E-state index contributed by atoms with van der Waals surface area (Å²) in [6.07, 6.45) is 2.00. The van der Waals surface area contributed by atoms with E-state index in [4.69, 9.17) is 9.40 Å². The predicted molar refractivity (Wildman–Crippen MR) is 199 cm³/mol. The average molecular weight is 615 g/mol. The third-order valence-corrected chi connectivity index (χ3v) is 9.88. The first kappa shape index (κ1) is 29.5. The predicted octanol–water partition coefficient (Wildman–Crippen LogP) is 11.9. The van der Waals surface area contributed by atoms with Crippen LogP contribution in [0.15, 0.2) is 114 Å². The first-order valence-corrected chi connectivity index (χ1v) is 17.1. The summed E-state index contributed by atoms with van der Waals surface area (Å²) in [7, 11) is 0. The van der Waals surface area contributed by atoms with E-state index in [1.807, 2.05) is 6.07 Å². The molecule has 0 bridgehead atoms. The van der Waals surface area contributed by atoms with Gasteiger partial charge in [0.05, 0.1) is 16.9 Å². The molecule has 0 saturated carbocycles. The fraction of sp³-hybridized carbons (Fsp3) is 0.250. The zero-order chi connectivity index (χ0) is 32.4. The number of para-hydroxylation sites is 3. The summed E-state index contributed by atoms with van der Waals surface area (Å²) in [5.74, 6) is 1.03. The molecule has 0 unspecified atom stereocenters. The van der Waals surface area contributed by atoms with E-state index in [1.165, 1.54) is 44.1 Å². The molecule has 3 heteroatoms. The summed E-state index contributed by atoms with van der Waals surface area (Å²) in [5, 5.41) is 5.93. The zero-order valence-corrected chi connectivity index (χ0v) is 28.3. The van der Waals surface area contributed by atoms with Crippen LogP contribution in [0.5, 0.6) is 0 Å². The molecular weight excluding hydrogens is 572 g/mol. The third-order valence-electron chi connectivity index (χ3n) is 9.88. The number of hydrogen-bond acceptors (Lipinski definition) is 2. The molecule has 5 aromatic carbocycles. The highest BCUT2D eigenvalue weighted by atomic mass is 16.3. The standard InChI is InChI=1S/C44H42N2O/c1-27(2)25-29-15-13-16-30(26-28(3)4)39(29)40-42(44(5,6)36-22-14-21-34-33-19-10-12-24-38(33)47-41(34)36)45-43-35-20-8-7-17-31(35)32-18-9-11-23-37(32)46(40)43/h7-24,27-28H,25-26H2,1-6H3. The highest BCUT2D eigenvalue weighted by molar-refractivity contribution is 6.13. The van der Waals surface area contributed by atoms with E-state index < -0.39 is 5.41 Å². The summed E-state index contributed by atoms with van der Waals surface area (Å²) < 4.78 is 9.15. The lowest BCUT2D eigenvalue weighted by molar-refractivity contribution is 0.597.